The highest BCUT2D eigenvalue weighted by Crippen LogP contribution is 2.34. The molecule has 0 aromatic heterocycles. The minimum atomic E-state index is -4.12. The lowest BCUT2D eigenvalue weighted by Gasteiger charge is -2.32. The molecule has 1 aromatic carbocycles. The minimum absolute atomic E-state index is 0.0132. The van der Waals surface area contributed by atoms with E-state index in [1.54, 1.807) is 0 Å². The van der Waals surface area contributed by atoms with Crippen molar-refractivity contribution >= 4 is 20.2 Å². The Morgan fingerprint density at radius 1 is 1.23 bits per heavy atom. The Labute approximate surface area is 152 Å². The highest BCUT2D eigenvalue weighted by Gasteiger charge is 2.33. The lowest BCUT2D eigenvalue weighted by Crippen LogP contribution is -2.44. The van der Waals surface area contributed by atoms with Gasteiger partial charge in [-0.25, -0.2) is 22.7 Å². The van der Waals surface area contributed by atoms with E-state index in [0.717, 1.165) is 16.4 Å². The molecular formula is C14H22FN3O6S2. The Hall–Kier alpha value is -1.47. The number of halogens is 1. The first kappa shape index (κ1) is 20.8. The summed E-state index contributed by atoms with van der Waals surface area (Å²) in [6.45, 7) is 0.278. The molecular weight excluding hydrogens is 389 g/mol. The number of hydrogen-bond donors (Lipinski definition) is 2. The van der Waals surface area contributed by atoms with Gasteiger partial charge in [0.25, 0.3) is 10.2 Å². The number of benzene rings is 1. The SMILES string of the molecule is COc1cc(F)c(S(=O)(=O)N2CCC[C@@H](CNS(N)(=O)=O)C2)cc1OC. The van der Waals surface area contributed by atoms with Crippen LogP contribution < -0.4 is 19.3 Å². The van der Waals surface area contributed by atoms with Crippen LogP contribution in [0.15, 0.2) is 17.0 Å². The highest BCUT2D eigenvalue weighted by atomic mass is 32.2. The number of sulfonamides is 1. The first-order chi connectivity index (χ1) is 12.1. The Kier molecular flexibility index (Phi) is 6.45. The van der Waals surface area contributed by atoms with Gasteiger partial charge in [-0.15, -0.1) is 0 Å². The van der Waals surface area contributed by atoms with E-state index in [2.05, 4.69) is 4.72 Å². The van der Waals surface area contributed by atoms with Gasteiger partial charge in [0.1, 0.15) is 10.7 Å². The van der Waals surface area contributed by atoms with Gasteiger partial charge >= 0.3 is 0 Å². The fourth-order valence-corrected chi connectivity index (χ4v) is 4.90. The number of nitrogens with zero attached hydrogens (tertiary/aromatic N) is 1. The third-order valence-corrected chi connectivity index (χ3v) is 6.56. The zero-order valence-electron chi connectivity index (χ0n) is 14.4. The second kappa shape index (κ2) is 8.05. The summed E-state index contributed by atoms with van der Waals surface area (Å²) in [5.74, 6) is -1.04. The quantitative estimate of drug-likeness (QED) is 0.652. The maximum absolute atomic E-state index is 14.4. The molecule has 9 nitrogen and oxygen atoms in total. The number of nitrogens with two attached hydrogens (primary N) is 1. The molecule has 0 amide bonds. The van der Waals surface area contributed by atoms with Crippen molar-refractivity contribution in [2.45, 2.75) is 17.7 Å². The Bertz CT molecular complexity index is 860. The van der Waals surface area contributed by atoms with E-state index in [1.807, 2.05) is 0 Å². The molecule has 1 aromatic rings. The summed E-state index contributed by atoms with van der Waals surface area (Å²) in [7, 11) is -5.34. The largest absolute Gasteiger partial charge is 0.493 e. The van der Waals surface area contributed by atoms with E-state index >= 15 is 0 Å². The van der Waals surface area contributed by atoms with Crippen LogP contribution in [0.2, 0.25) is 0 Å². The lowest BCUT2D eigenvalue weighted by molar-refractivity contribution is 0.266. The van der Waals surface area contributed by atoms with Crippen LogP contribution >= 0.6 is 0 Å². The van der Waals surface area contributed by atoms with Crippen LogP contribution in [0.3, 0.4) is 0 Å². The Morgan fingerprint density at radius 2 is 1.85 bits per heavy atom. The second-order valence-corrected chi connectivity index (χ2v) is 9.19. The molecule has 1 atom stereocenters. The number of hydrogen-bond acceptors (Lipinski definition) is 6. The molecule has 0 aliphatic carbocycles. The summed E-state index contributed by atoms with van der Waals surface area (Å²) in [5.41, 5.74) is 0. The summed E-state index contributed by atoms with van der Waals surface area (Å²) in [6, 6.07) is 2.03. The van der Waals surface area contributed by atoms with Gasteiger partial charge in [0.05, 0.1) is 14.2 Å². The molecule has 3 N–H and O–H groups in total. The molecule has 0 bridgehead atoms. The van der Waals surface area contributed by atoms with E-state index in [-0.39, 0.29) is 37.1 Å². The van der Waals surface area contributed by atoms with Crippen molar-refractivity contribution in [3.63, 3.8) is 0 Å². The van der Waals surface area contributed by atoms with E-state index in [1.165, 1.54) is 14.2 Å². The molecule has 1 aliphatic rings. The number of nitrogens with one attached hydrogen (secondary N) is 1. The summed E-state index contributed by atoms with van der Waals surface area (Å²) >= 11 is 0. The van der Waals surface area contributed by atoms with Crippen LogP contribution in [-0.2, 0) is 20.2 Å². The highest BCUT2D eigenvalue weighted by molar-refractivity contribution is 7.89. The summed E-state index contributed by atoms with van der Waals surface area (Å²) < 4.78 is 75.4. The van der Waals surface area contributed by atoms with Gasteiger partial charge in [0.2, 0.25) is 10.0 Å². The fourth-order valence-electron chi connectivity index (χ4n) is 2.82. The molecule has 0 unspecified atom stereocenters. The first-order valence-electron chi connectivity index (χ1n) is 7.77. The van der Waals surface area contributed by atoms with Gasteiger partial charge in [-0.05, 0) is 18.8 Å². The minimum Gasteiger partial charge on any atom is -0.493 e. The smallest absolute Gasteiger partial charge is 0.274 e. The second-order valence-electron chi connectivity index (χ2n) is 5.90. The molecule has 1 saturated heterocycles. The zero-order valence-corrected chi connectivity index (χ0v) is 16.1. The maximum atomic E-state index is 14.4. The van der Waals surface area contributed by atoms with Crippen LogP contribution in [0, 0.1) is 11.7 Å². The molecule has 1 fully saturated rings. The van der Waals surface area contributed by atoms with Crippen molar-refractivity contribution in [3.05, 3.63) is 17.9 Å². The fraction of sp³-hybridized carbons (Fsp3) is 0.571. The third kappa shape index (κ3) is 4.82. The topological polar surface area (TPSA) is 128 Å². The molecule has 0 radical (unpaired) electrons. The van der Waals surface area contributed by atoms with Crippen molar-refractivity contribution in [2.24, 2.45) is 11.1 Å². The average Bonchev–Trinajstić information content (AvgIpc) is 2.59. The normalized spacial score (nSPS) is 19.3. The summed E-state index contributed by atoms with van der Waals surface area (Å²) in [6.07, 6.45) is 1.15. The van der Waals surface area contributed by atoms with Crippen LogP contribution in [0.25, 0.3) is 0 Å². The lowest BCUT2D eigenvalue weighted by atomic mass is 10.0. The Balaban J connectivity index is 2.26. The third-order valence-electron chi connectivity index (χ3n) is 4.11. The molecule has 148 valence electrons. The van der Waals surface area contributed by atoms with Gasteiger partial charge < -0.3 is 9.47 Å². The van der Waals surface area contributed by atoms with Crippen molar-refractivity contribution in [3.8, 4) is 11.5 Å². The molecule has 0 spiro atoms. The van der Waals surface area contributed by atoms with Gasteiger partial charge in [0, 0.05) is 31.8 Å². The van der Waals surface area contributed by atoms with Gasteiger partial charge in [-0.2, -0.15) is 12.7 Å². The molecule has 2 rings (SSSR count). The molecule has 0 saturated carbocycles. The standard InChI is InChI=1S/C14H22FN3O6S2/c1-23-12-6-11(15)14(7-13(12)24-2)25(19,20)18-5-3-4-10(9-18)8-17-26(16,21)22/h6-7,10,17H,3-5,8-9H2,1-2H3,(H2,16,21,22)/t10-/m0/s1. The Morgan fingerprint density at radius 3 is 2.42 bits per heavy atom. The van der Waals surface area contributed by atoms with E-state index < -0.39 is 30.9 Å². The molecule has 1 aliphatic heterocycles. The number of ether oxygens (including phenoxy) is 2. The first-order valence-corrected chi connectivity index (χ1v) is 10.8. The zero-order chi connectivity index (χ0) is 19.5. The van der Waals surface area contributed by atoms with Crippen LogP contribution in [-0.4, -0.2) is 55.0 Å². The molecule has 12 heteroatoms. The van der Waals surface area contributed by atoms with Gasteiger partial charge in [-0.1, -0.05) is 0 Å². The molecule has 26 heavy (non-hydrogen) atoms. The predicted molar refractivity (Wildman–Crippen MR) is 92.1 cm³/mol. The van der Waals surface area contributed by atoms with Crippen molar-refractivity contribution < 1.29 is 30.7 Å². The number of piperidine rings is 1. The maximum Gasteiger partial charge on any atom is 0.274 e. The number of rotatable bonds is 7. The molecule has 1 heterocycles. The number of methoxy groups -OCH3 is 2. The van der Waals surface area contributed by atoms with Crippen molar-refractivity contribution in [1.82, 2.24) is 9.03 Å². The monoisotopic (exact) mass is 411 g/mol. The summed E-state index contributed by atoms with van der Waals surface area (Å²) in [4.78, 5) is -0.518. The van der Waals surface area contributed by atoms with Gasteiger partial charge in [-0.3, -0.25) is 0 Å². The van der Waals surface area contributed by atoms with Crippen molar-refractivity contribution in [2.75, 3.05) is 33.9 Å². The van der Waals surface area contributed by atoms with E-state index in [0.29, 0.717) is 12.8 Å². The van der Waals surface area contributed by atoms with Gasteiger partial charge in [0.15, 0.2) is 11.5 Å². The predicted octanol–water partition coefficient (Wildman–Crippen LogP) is 0.0367. The van der Waals surface area contributed by atoms with Crippen LogP contribution in [0.1, 0.15) is 12.8 Å². The van der Waals surface area contributed by atoms with E-state index in [4.69, 9.17) is 14.6 Å². The summed E-state index contributed by atoms with van der Waals surface area (Å²) in [5, 5.41) is 4.90. The van der Waals surface area contributed by atoms with Crippen LogP contribution in [0.4, 0.5) is 4.39 Å². The van der Waals surface area contributed by atoms with E-state index in [9.17, 15) is 21.2 Å². The van der Waals surface area contributed by atoms with Crippen LogP contribution in [0.5, 0.6) is 11.5 Å². The van der Waals surface area contributed by atoms with Crippen molar-refractivity contribution in [1.29, 1.82) is 0 Å². The average molecular weight is 411 g/mol.